The summed E-state index contributed by atoms with van der Waals surface area (Å²) in [7, 11) is 0.959. The van der Waals surface area contributed by atoms with Crippen LogP contribution in [0.3, 0.4) is 0 Å². The van der Waals surface area contributed by atoms with Crippen molar-refractivity contribution in [2.75, 3.05) is 20.6 Å². The minimum absolute atomic E-state index is 0.0248. The molecule has 0 spiro atoms. The van der Waals surface area contributed by atoms with Crippen molar-refractivity contribution in [2.24, 2.45) is 7.05 Å². The van der Waals surface area contributed by atoms with Gasteiger partial charge in [-0.05, 0) is 15.9 Å². The maximum atomic E-state index is 11.9. The van der Waals surface area contributed by atoms with Crippen molar-refractivity contribution in [1.82, 2.24) is 24.6 Å². The van der Waals surface area contributed by atoms with E-state index in [4.69, 9.17) is 0 Å². The van der Waals surface area contributed by atoms with Crippen LogP contribution < -0.4 is 4.72 Å². The Morgan fingerprint density at radius 2 is 2.11 bits per heavy atom. The number of carbonyl (C=O) groups excluding carboxylic acids is 1. The van der Waals surface area contributed by atoms with E-state index in [2.05, 4.69) is 31.0 Å². The van der Waals surface area contributed by atoms with Crippen LogP contribution in [0.2, 0.25) is 0 Å². The maximum absolute atomic E-state index is 11.9. The van der Waals surface area contributed by atoms with Gasteiger partial charge < -0.3 is 4.90 Å². The summed E-state index contributed by atoms with van der Waals surface area (Å²) in [5, 5.41) is 7.10. The molecule has 18 heavy (non-hydrogen) atoms. The average Bonchev–Trinajstić information content (AvgIpc) is 2.58. The van der Waals surface area contributed by atoms with Gasteiger partial charge in [0.2, 0.25) is 10.9 Å². The number of nitrogens with one attached hydrogen (secondary N) is 1. The molecule has 1 rings (SSSR count). The predicted molar refractivity (Wildman–Crippen MR) is 67.2 cm³/mol. The van der Waals surface area contributed by atoms with E-state index in [1.165, 1.54) is 11.9 Å². The van der Waals surface area contributed by atoms with E-state index in [0.717, 1.165) is 4.68 Å². The highest BCUT2D eigenvalue weighted by molar-refractivity contribution is 9.10. The highest BCUT2D eigenvalue weighted by Gasteiger charge is 2.23. The number of amides is 1. The first kappa shape index (κ1) is 15.1. The van der Waals surface area contributed by atoms with Crippen LogP contribution in [0.1, 0.15) is 6.42 Å². The summed E-state index contributed by atoms with van der Waals surface area (Å²) in [6, 6.07) is 0. The molecule has 8 nitrogen and oxygen atoms in total. The molecule has 1 aromatic heterocycles. The van der Waals surface area contributed by atoms with Gasteiger partial charge in [-0.2, -0.15) is 0 Å². The van der Waals surface area contributed by atoms with Crippen molar-refractivity contribution in [1.29, 1.82) is 0 Å². The second-order valence-corrected chi connectivity index (χ2v) is 6.18. The smallest absolute Gasteiger partial charge is 0.260 e. The van der Waals surface area contributed by atoms with Crippen molar-refractivity contribution in [3.8, 4) is 0 Å². The first-order valence-corrected chi connectivity index (χ1v) is 7.28. The van der Waals surface area contributed by atoms with Gasteiger partial charge in [0.1, 0.15) is 0 Å². The van der Waals surface area contributed by atoms with Crippen LogP contribution in [0.4, 0.5) is 0 Å². The Kier molecular flexibility index (Phi) is 4.82. The van der Waals surface area contributed by atoms with Gasteiger partial charge in [0.25, 0.3) is 10.0 Å². The van der Waals surface area contributed by atoms with Crippen LogP contribution in [0.5, 0.6) is 0 Å². The molecule has 1 N–H and O–H groups in total. The van der Waals surface area contributed by atoms with Crippen molar-refractivity contribution in [2.45, 2.75) is 11.4 Å². The van der Waals surface area contributed by atoms with Crippen molar-refractivity contribution in [3.05, 3.63) is 4.60 Å². The molecule has 102 valence electrons. The molecular formula is C8H14BrN5O3S. The summed E-state index contributed by atoms with van der Waals surface area (Å²) >= 11 is 3.01. The molecule has 0 aromatic carbocycles. The van der Waals surface area contributed by atoms with E-state index in [1.807, 2.05) is 0 Å². The largest absolute Gasteiger partial charge is 0.349 e. The fourth-order valence-electron chi connectivity index (χ4n) is 1.19. The quantitative estimate of drug-likeness (QED) is 0.767. The molecule has 0 unspecified atom stereocenters. The third-order valence-corrected chi connectivity index (χ3v) is 4.47. The second kappa shape index (κ2) is 5.76. The summed E-state index contributed by atoms with van der Waals surface area (Å²) < 4.78 is 27.4. The van der Waals surface area contributed by atoms with Crippen LogP contribution in [0, 0.1) is 0 Å². The predicted octanol–water partition coefficient (Wildman–Crippen LogP) is -0.666. The summed E-state index contributed by atoms with van der Waals surface area (Å²) in [4.78, 5) is 12.7. The lowest BCUT2D eigenvalue weighted by Crippen LogP contribution is -2.31. The molecule has 0 atom stereocenters. The van der Waals surface area contributed by atoms with Crippen molar-refractivity contribution >= 4 is 31.9 Å². The number of sulfonamides is 1. The van der Waals surface area contributed by atoms with Gasteiger partial charge in [-0.1, -0.05) is 5.21 Å². The molecule has 0 aliphatic carbocycles. The van der Waals surface area contributed by atoms with Gasteiger partial charge >= 0.3 is 0 Å². The number of hydrogen-bond acceptors (Lipinski definition) is 5. The first-order chi connectivity index (χ1) is 8.25. The highest BCUT2D eigenvalue weighted by Crippen LogP contribution is 2.17. The third-order valence-electron chi connectivity index (χ3n) is 2.12. The number of aryl methyl sites for hydroxylation is 1. The third kappa shape index (κ3) is 3.50. The number of hydrogen-bond donors (Lipinski definition) is 1. The van der Waals surface area contributed by atoms with Gasteiger partial charge in [-0.15, -0.1) is 5.10 Å². The van der Waals surface area contributed by atoms with Crippen LogP contribution in [0.25, 0.3) is 0 Å². The molecule has 1 aromatic rings. The summed E-state index contributed by atoms with van der Waals surface area (Å²) in [5.74, 6) is -0.153. The molecule has 0 radical (unpaired) electrons. The molecule has 0 saturated heterocycles. The van der Waals surface area contributed by atoms with Crippen LogP contribution in [-0.2, 0) is 21.9 Å². The maximum Gasteiger partial charge on any atom is 0.260 e. The number of nitrogens with zero attached hydrogens (tertiary/aromatic N) is 4. The molecule has 1 heterocycles. The van der Waals surface area contributed by atoms with E-state index < -0.39 is 10.0 Å². The van der Waals surface area contributed by atoms with Crippen molar-refractivity contribution in [3.63, 3.8) is 0 Å². The second-order valence-electron chi connectivity index (χ2n) is 3.74. The van der Waals surface area contributed by atoms with E-state index in [1.54, 1.807) is 14.1 Å². The van der Waals surface area contributed by atoms with Gasteiger partial charge in [0, 0.05) is 34.1 Å². The zero-order valence-corrected chi connectivity index (χ0v) is 12.6. The Morgan fingerprint density at radius 1 is 1.50 bits per heavy atom. The lowest BCUT2D eigenvalue weighted by atomic mass is 10.4. The standard InChI is InChI=1S/C8H14BrN5O3S/c1-13(2)6(15)4-5-10-18(16,17)8-7(9)11-12-14(8)3/h10H,4-5H2,1-3H3. The zero-order valence-electron chi connectivity index (χ0n) is 10.2. The first-order valence-electron chi connectivity index (χ1n) is 5.00. The number of aromatic nitrogens is 3. The minimum Gasteiger partial charge on any atom is -0.349 e. The van der Waals surface area contributed by atoms with E-state index in [-0.39, 0.29) is 28.5 Å². The van der Waals surface area contributed by atoms with Crippen LogP contribution in [-0.4, -0.2) is 54.9 Å². The Morgan fingerprint density at radius 3 is 2.56 bits per heavy atom. The molecule has 10 heteroatoms. The SMILES string of the molecule is CN(C)C(=O)CCNS(=O)(=O)c1c(Br)nnn1C. The topological polar surface area (TPSA) is 97.2 Å². The lowest BCUT2D eigenvalue weighted by molar-refractivity contribution is -0.128. The van der Waals surface area contributed by atoms with Gasteiger partial charge in [0.15, 0.2) is 4.60 Å². The Balaban J connectivity index is 2.70. The molecule has 0 saturated carbocycles. The average molecular weight is 340 g/mol. The Bertz CT molecular complexity index is 519. The normalized spacial score (nSPS) is 11.6. The Labute approximate surface area is 114 Å². The van der Waals surface area contributed by atoms with Crippen molar-refractivity contribution < 1.29 is 13.2 Å². The molecule has 1 amide bonds. The van der Waals surface area contributed by atoms with E-state index >= 15 is 0 Å². The zero-order chi connectivity index (χ0) is 13.9. The molecular weight excluding hydrogens is 326 g/mol. The fraction of sp³-hybridized carbons (Fsp3) is 0.625. The summed E-state index contributed by atoms with van der Waals surface area (Å²) in [5.41, 5.74) is 0. The number of rotatable bonds is 5. The van der Waals surface area contributed by atoms with E-state index in [0.29, 0.717) is 0 Å². The van der Waals surface area contributed by atoms with Gasteiger partial charge in [-0.3, -0.25) is 4.79 Å². The molecule has 0 aliphatic heterocycles. The lowest BCUT2D eigenvalue weighted by Gasteiger charge is -2.10. The number of halogens is 1. The summed E-state index contributed by atoms with van der Waals surface area (Å²) in [6.45, 7) is 0.0248. The van der Waals surface area contributed by atoms with Crippen LogP contribution in [0.15, 0.2) is 9.63 Å². The Hall–Kier alpha value is -1.00. The van der Waals surface area contributed by atoms with E-state index in [9.17, 15) is 13.2 Å². The molecule has 0 fully saturated rings. The van der Waals surface area contributed by atoms with Crippen LogP contribution >= 0.6 is 15.9 Å². The fourth-order valence-corrected chi connectivity index (χ4v) is 3.31. The molecule has 0 aliphatic rings. The monoisotopic (exact) mass is 339 g/mol. The number of carbonyl (C=O) groups is 1. The summed E-state index contributed by atoms with van der Waals surface area (Å²) in [6.07, 6.45) is 0.0924. The van der Waals surface area contributed by atoms with Gasteiger partial charge in [0.05, 0.1) is 0 Å². The molecule has 0 bridgehead atoms. The van der Waals surface area contributed by atoms with Gasteiger partial charge in [-0.25, -0.2) is 17.8 Å². The highest BCUT2D eigenvalue weighted by atomic mass is 79.9. The minimum atomic E-state index is -3.73.